The van der Waals surface area contributed by atoms with Crippen molar-refractivity contribution in [1.82, 2.24) is 0 Å². The quantitative estimate of drug-likeness (QED) is 0.268. The zero-order chi connectivity index (χ0) is 0. The van der Waals surface area contributed by atoms with Crippen molar-refractivity contribution >= 4 is 90.7 Å². The van der Waals surface area contributed by atoms with Crippen molar-refractivity contribution in [3.8, 4) is 0 Å². The Morgan fingerprint density at radius 1 is 1.00 bits per heavy atom. The second kappa shape index (κ2) is 16.8. The van der Waals surface area contributed by atoms with E-state index in [1.54, 1.807) is 0 Å². The van der Waals surface area contributed by atoms with Gasteiger partial charge >= 0.3 is 77.2 Å². The van der Waals surface area contributed by atoms with Crippen LogP contribution in [0.5, 0.6) is 0 Å². The van der Waals surface area contributed by atoms with Gasteiger partial charge in [-0.1, -0.05) is 0 Å². The number of hydrogen-bond acceptors (Lipinski definition) is 0. The second-order valence-electron chi connectivity index (χ2n) is 0. The molecule has 0 aromatic rings. The van der Waals surface area contributed by atoms with E-state index in [1.807, 2.05) is 0 Å². The molecule has 0 nitrogen and oxygen atoms in total. The molecular formula is H9BiPbSTe. The maximum atomic E-state index is 0. The minimum absolute atomic E-state index is 0. The van der Waals surface area contributed by atoms with Gasteiger partial charge < -0.3 is 0 Å². The standard InChI is InChI=1S/Bi.Pb.H2S.H2Te.5H/h;;2*1H2;;;;;. The molecule has 0 spiro atoms. The van der Waals surface area contributed by atoms with Gasteiger partial charge in [0.2, 0.25) is 0 Å². The molecule has 2 radical (unpaired) electrons. The molecule has 0 amide bonds. The monoisotopic (exact) mass is 588 g/mol. The van der Waals surface area contributed by atoms with Crippen molar-refractivity contribution in [3.05, 3.63) is 0 Å². The van der Waals surface area contributed by atoms with E-state index in [1.165, 1.54) is 0 Å². The van der Waals surface area contributed by atoms with Crippen molar-refractivity contribution in [2.45, 2.75) is 0 Å². The molecule has 0 aromatic heterocycles. The van der Waals surface area contributed by atoms with Gasteiger partial charge in [0.1, 0.15) is 0 Å². The summed E-state index contributed by atoms with van der Waals surface area (Å²) in [6.07, 6.45) is 0. The van der Waals surface area contributed by atoms with Crippen molar-refractivity contribution < 1.29 is 0 Å². The van der Waals surface area contributed by atoms with Crippen LogP contribution in [-0.2, 0) is 0 Å². The van der Waals surface area contributed by atoms with Crippen LogP contribution in [0.25, 0.3) is 0 Å². The molecular weight excluding hydrogens is 576 g/mol. The van der Waals surface area contributed by atoms with Crippen LogP contribution in [-0.4, -0.2) is 77.2 Å². The molecule has 0 unspecified atom stereocenters. The molecule has 0 saturated carbocycles. The van der Waals surface area contributed by atoms with Crippen LogP contribution < -0.4 is 0 Å². The third-order valence-corrected chi connectivity index (χ3v) is 0. The maximum absolute atomic E-state index is 0. The first kappa shape index (κ1) is 28.3. The molecule has 0 rings (SSSR count). The van der Waals surface area contributed by atoms with E-state index >= 15 is 0 Å². The summed E-state index contributed by atoms with van der Waals surface area (Å²) in [6.45, 7) is 0. The van der Waals surface area contributed by atoms with Crippen LogP contribution in [0.1, 0.15) is 0 Å². The van der Waals surface area contributed by atoms with Gasteiger partial charge in [0.25, 0.3) is 0 Å². The van der Waals surface area contributed by atoms with Gasteiger partial charge in [0, 0.05) is 0 Å². The molecule has 0 heterocycles. The molecule has 0 atom stereocenters. The fourth-order valence-corrected chi connectivity index (χ4v) is 0. The van der Waals surface area contributed by atoms with Crippen LogP contribution in [0.4, 0.5) is 0 Å². The predicted octanol–water partition coefficient (Wildman–Crippen LogP) is -2.90. The Kier molecular flexibility index (Phi) is 119. The zero-order valence-electron chi connectivity index (χ0n) is 2.41. The van der Waals surface area contributed by atoms with E-state index in [9.17, 15) is 0 Å². The Morgan fingerprint density at radius 2 is 1.00 bits per heavy atom. The summed E-state index contributed by atoms with van der Waals surface area (Å²) >= 11 is 0. The first-order valence-corrected chi connectivity index (χ1v) is 0. The summed E-state index contributed by atoms with van der Waals surface area (Å²) in [5.41, 5.74) is 0. The van der Waals surface area contributed by atoms with Gasteiger partial charge in [-0.3, -0.25) is 0 Å². The molecule has 0 N–H and O–H groups in total. The molecule has 0 aliphatic rings. The fraction of sp³-hybridized carbons (Fsp3) is 0. The van der Waals surface area contributed by atoms with Crippen LogP contribution >= 0.6 is 13.5 Å². The molecule has 0 saturated heterocycles. The summed E-state index contributed by atoms with van der Waals surface area (Å²) < 4.78 is 0. The second-order valence-corrected chi connectivity index (χ2v) is 0. The van der Waals surface area contributed by atoms with Crippen LogP contribution in [0.2, 0.25) is 0 Å². The number of rotatable bonds is 0. The average molecular weight is 585 g/mol. The topological polar surface area (TPSA) is 0 Å². The minimum atomic E-state index is 0. The summed E-state index contributed by atoms with van der Waals surface area (Å²) in [4.78, 5) is 0. The Bertz CT molecular complexity index is 8.00. The van der Waals surface area contributed by atoms with Gasteiger partial charge in [0.05, 0.1) is 0 Å². The molecule has 0 aliphatic carbocycles. The van der Waals surface area contributed by atoms with E-state index in [-0.39, 0.29) is 90.7 Å². The molecule has 0 bridgehead atoms. The molecule has 4 heteroatoms. The van der Waals surface area contributed by atoms with E-state index < -0.39 is 0 Å². The summed E-state index contributed by atoms with van der Waals surface area (Å²) in [7, 11) is 0. The Hall–Kier alpha value is 2.94. The Morgan fingerprint density at radius 3 is 1.00 bits per heavy atom. The fourth-order valence-electron chi connectivity index (χ4n) is 0. The van der Waals surface area contributed by atoms with Gasteiger partial charge in [-0.05, 0) is 0 Å². The Labute approximate surface area is 88.9 Å². The van der Waals surface area contributed by atoms with Crippen LogP contribution in [0.3, 0.4) is 0 Å². The third-order valence-electron chi connectivity index (χ3n) is 0. The van der Waals surface area contributed by atoms with Crippen molar-refractivity contribution in [1.29, 1.82) is 0 Å². The van der Waals surface area contributed by atoms with Crippen LogP contribution in [0.15, 0.2) is 0 Å². The molecule has 4 heavy (non-hydrogen) atoms. The van der Waals surface area contributed by atoms with Gasteiger partial charge in [-0.2, -0.15) is 13.5 Å². The van der Waals surface area contributed by atoms with E-state index in [0.717, 1.165) is 0 Å². The van der Waals surface area contributed by atoms with Crippen molar-refractivity contribution in [2.24, 2.45) is 0 Å². The van der Waals surface area contributed by atoms with Gasteiger partial charge in [0.15, 0.2) is 0 Å². The first-order chi connectivity index (χ1) is 0. The van der Waals surface area contributed by atoms with Crippen molar-refractivity contribution in [2.75, 3.05) is 0 Å². The predicted molar refractivity (Wildman–Crippen MR) is 37.4 cm³/mol. The SMILES string of the molecule is S.[BiH3].[PbH2].[TeH2]. The zero-order valence-corrected chi connectivity index (χ0v) is 17.3. The normalized spacial score (nSPS) is 0. The summed E-state index contributed by atoms with van der Waals surface area (Å²) in [5.74, 6) is 0. The third kappa shape index (κ3) is 8.87. The Balaban J connectivity index is 0. The number of hydrogen-bond donors (Lipinski definition) is 0. The molecule has 30 valence electrons. The summed E-state index contributed by atoms with van der Waals surface area (Å²) in [6, 6.07) is 0. The molecule has 0 aliphatic heterocycles. The van der Waals surface area contributed by atoms with E-state index in [0.29, 0.717) is 0 Å². The first-order valence-electron chi connectivity index (χ1n) is 0. The van der Waals surface area contributed by atoms with Gasteiger partial charge in [-0.25, -0.2) is 0 Å². The van der Waals surface area contributed by atoms with Crippen LogP contribution in [0, 0.1) is 0 Å². The van der Waals surface area contributed by atoms with Crippen molar-refractivity contribution in [3.63, 3.8) is 0 Å². The van der Waals surface area contributed by atoms with E-state index in [2.05, 4.69) is 0 Å². The molecule has 0 fully saturated rings. The summed E-state index contributed by atoms with van der Waals surface area (Å²) in [5, 5.41) is 0. The van der Waals surface area contributed by atoms with E-state index in [4.69, 9.17) is 0 Å². The molecule has 0 aromatic carbocycles. The van der Waals surface area contributed by atoms with Gasteiger partial charge in [-0.15, -0.1) is 0 Å². The average Bonchev–Trinajstić information content (AvgIpc) is 0.